The van der Waals surface area contributed by atoms with Crippen LogP contribution in [0.1, 0.15) is 42.5 Å². The summed E-state index contributed by atoms with van der Waals surface area (Å²) >= 11 is 1.70. The van der Waals surface area contributed by atoms with E-state index >= 15 is 0 Å². The normalized spacial score (nSPS) is 19.3. The topological polar surface area (TPSA) is 54.3 Å². The van der Waals surface area contributed by atoms with Crippen LogP contribution in [0.4, 0.5) is 5.82 Å². The second kappa shape index (κ2) is 7.97. The van der Waals surface area contributed by atoms with E-state index in [0.717, 1.165) is 66.7 Å². The van der Waals surface area contributed by atoms with Gasteiger partial charge in [-0.1, -0.05) is 29.8 Å². The highest BCUT2D eigenvalue weighted by molar-refractivity contribution is 7.09. The second-order valence-electron chi connectivity index (χ2n) is 7.66. The molecule has 0 radical (unpaired) electrons. The molecule has 29 heavy (non-hydrogen) atoms. The van der Waals surface area contributed by atoms with Gasteiger partial charge in [0.05, 0.1) is 12.2 Å². The van der Waals surface area contributed by atoms with Crippen LogP contribution in [0, 0.1) is 0 Å². The average Bonchev–Trinajstić information content (AvgIpc) is 3.37. The van der Waals surface area contributed by atoms with E-state index in [0.29, 0.717) is 0 Å². The first kappa shape index (κ1) is 18.3. The molecule has 1 aliphatic carbocycles. The number of aromatic nitrogens is 3. The summed E-state index contributed by atoms with van der Waals surface area (Å²) in [4.78, 5) is 20.8. The predicted octanol–water partition coefficient (Wildman–Crippen LogP) is 3.36. The highest BCUT2D eigenvalue weighted by Gasteiger charge is 2.24. The number of fused-ring (bicyclic) bond motifs is 2. The van der Waals surface area contributed by atoms with Crippen LogP contribution >= 0.6 is 11.3 Å². The molecule has 0 N–H and O–H groups in total. The summed E-state index contributed by atoms with van der Waals surface area (Å²) in [7, 11) is 0. The number of rotatable bonds is 3. The van der Waals surface area contributed by atoms with Crippen molar-refractivity contribution in [2.24, 2.45) is 4.99 Å². The Morgan fingerprint density at radius 3 is 2.93 bits per heavy atom. The van der Waals surface area contributed by atoms with Gasteiger partial charge in [-0.15, -0.1) is 11.3 Å². The number of benzene rings is 1. The Morgan fingerprint density at radius 2 is 2.03 bits per heavy atom. The summed E-state index contributed by atoms with van der Waals surface area (Å²) < 4.78 is 0. The molecular weight excluding hydrogens is 378 g/mol. The van der Waals surface area contributed by atoms with Crippen molar-refractivity contribution in [2.75, 3.05) is 0 Å². The average molecular weight is 402 g/mol. The van der Waals surface area contributed by atoms with Gasteiger partial charge in [0.15, 0.2) is 5.82 Å². The van der Waals surface area contributed by atoms with Crippen molar-refractivity contribution >= 4 is 34.5 Å². The lowest BCUT2D eigenvalue weighted by Crippen LogP contribution is -2.28. The summed E-state index contributed by atoms with van der Waals surface area (Å²) in [6.45, 7) is 4.74. The Balaban J connectivity index is 1.49. The van der Waals surface area contributed by atoms with Crippen LogP contribution in [-0.4, -0.2) is 25.6 Å². The Labute approximate surface area is 174 Å². The van der Waals surface area contributed by atoms with E-state index in [9.17, 15) is 0 Å². The molecule has 3 heterocycles. The van der Waals surface area contributed by atoms with Gasteiger partial charge in [-0.3, -0.25) is 4.90 Å². The second-order valence-corrected chi connectivity index (χ2v) is 8.64. The van der Waals surface area contributed by atoms with Gasteiger partial charge in [-0.05, 0) is 42.7 Å². The Morgan fingerprint density at radius 1 is 1.10 bits per heavy atom. The van der Waals surface area contributed by atoms with Gasteiger partial charge in [-0.2, -0.15) is 0 Å². The maximum Gasteiger partial charge on any atom is 0.160 e. The van der Waals surface area contributed by atoms with Gasteiger partial charge in [-0.25, -0.2) is 19.9 Å². The molecule has 5 rings (SSSR count). The molecule has 0 saturated carbocycles. The summed E-state index contributed by atoms with van der Waals surface area (Å²) in [6.07, 6.45) is 8.93. The van der Waals surface area contributed by atoms with Gasteiger partial charge >= 0.3 is 0 Å². The maximum atomic E-state index is 5.01. The van der Waals surface area contributed by atoms with E-state index in [2.05, 4.69) is 57.1 Å². The van der Waals surface area contributed by atoms with Crippen LogP contribution in [-0.2, 0) is 19.6 Å². The van der Waals surface area contributed by atoms with Crippen LogP contribution in [0.5, 0.6) is 0 Å². The van der Waals surface area contributed by atoms with E-state index in [1.165, 1.54) is 16.0 Å². The van der Waals surface area contributed by atoms with Crippen molar-refractivity contribution in [2.45, 2.75) is 45.8 Å². The molecule has 1 aromatic carbocycles. The van der Waals surface area contributed by atoms with Gasteiger partial charge in [0.25, 0.3) is 0 Å². The van der Waals surface area contributed by atoms with Gasteiger partial charge in [0.2, 0.25) is 0 Å². The van der Waals surface area contributed by atoms with E-state index in [1.807, 2.05) is 11.6 Å². The van der Waals surface area contributed by atoms with Crippen LogP contribution in [0.25, 0.3) is 11.6 Å². The summed E-state index contributed by atoms with van der Waals surface area (Å²) in [5.74, 6) is 0.821. The fourth-order valence-corrected chi connectivity index (χ4v) is 4.77. The summed E-state index contributed by atoms with van der Waals surface area (Å²) in [5.41, 5.74) is 4.80. The quantitative estimate of drug-likeness (QED) is 0.675. The van der Waals surface area contributed by atoms with Crippen molar-refractivity contribution in [1.29, 1.82) is 0 Å². The minimum absolute atomic E-state index is 0.821. The first-order chi connectivity index (χ1) is 14.3. The van der Waals surface area contributed by atoms with E-state index in [-0.39, 0.29) is 0 Å². The zero-order chi connectivity index (χ0) is 19.6. The Hall–Kier alpha value is -2.70. The van der Waals surface area contributed by atoms with E-state index in [1.54, 1.807) is 17.7 Å². The van der Waals surface area contributed by atoms with Gasteiger partial charge in [0.1, 0.15) is 11.3 Å². The van der Waals surface area contributed by atoms with Crippen molar-refractivity contribution in [3.05, 3.63) is 68.9 Å². The highest BCUT2D eigenvalue weighted by atomic mass is 32.1. The van der Waals surface area contributed by atoms with Gasteiger partial charge < -0.3 is 0 Å². The number of hydrogen-bond acceptors (Lipinski definition) is 6. The molecule has 146 valence electrons. The molecule has 2 aromatic heterocycles. The molecule has 0 amide bonds. The largest absolute Gasteiger partial charge is 0.286 e. The van der Waals surface area contributed by atoms with Crippen molar-refractivity contribution in [3.63, 3.8) is 0 Å². The highest BCUT2D eigenvalue weighted by Crippen LogP contribution is 2.29. The standard InChI is InChI=1S/C23H23N5S/c1-16-5-4-7-18(11-17-6-2-3-8-19(16)17)27-23-20-12-28(13-21(20)25-15-26-23)14-22-24-9-10-29-22/h2-3,6,8-11,15H,4-5,7,12-14H2,1H3/b17-11-,19-16?,27-18?. The fourth-order valence-electron chi connectivity index (χ4n) is 4.11. The SMILES string of the molecule is CC1=c2cccc/c2=C/C(=Nc2ncnc3c2CN(Cc2nccs2)C3)CCC1. The minimum Gasteiger partial charge on any atom is -0.286 e. The molecule has 6 heteroatoms. The number of hydrogen-bond donors (Lipinski definition) is 0. The minimum atomic E-state index is 0.821. The molecule has 5 nitrogen and oxygen atoms in total. The molecule has 0 fully saturated rings. The van der Waals surface area contributed by atoms with E-state index in [4.69, 9.17) is 4.99 Å². The van der Waals surface area contributed by atoms with Crippen molar-refractivity contribution in [3.8, 4) is 0 Å². The molecule has 0 spiro atoms. The molecule has 1 aliphatic heterocycles. The zero-order valence-electron chi connectivity index (χ0n) is 16.5. The lowest BCUT2D eigenvalue weighted by atomic mass is 10.00. The number of thiazole rings is 1. The van der Waals surface area contributed by atoms with E-state index < -0.39 is 0 Å². The monoisotopic (exact) mass is 401 g/mol. The maximum absolute atomic E-state index is 5.01. The molecule has 3 aromatic rings. The third kappa shape index (κ3) is 3.91. The number of aliphatic imine (C=N–C) groups is 1. The van der Waals surface area contributed by atoms with Crippen molar-refractivity contribution < 1.29 is 0 Å². The summed E-state index contributed by atoms with van der Waals surface area (Å²) in [6, 6.07) is 8.60. The zero-order valence-corrected chi connectivity index (χ0v) is 17.3. The molecule has 0 bridgehead atoms. The molecule has 2 aliphatic rings. The predicted molar refractivity (Wildman–Crippen MR) is 117 cm³/mol. The molecule has 0 unspecified atom stereocenters. The first-order valence-electron chi connectivity index (χ1n) is 10.0. The smallest absolute Gasteiger partial charge is 0.160 e. The lowest BCUT2D eigenvalue weighted by molar-refractivity contribution is 0.273. The Bertz CT molecular complexity index is 1180. The van der Waals surface area contributed by atoms with Crippen molar-refractivity contribution in [1.82, 2.24) is 19.9 Å². The van der Waals surface area contributed by atoms with Gasteiger partial charge in [0, 0.05) is 35.9 Å². The fraction of sp³-hybridized carbons (Fsp3) is 0.304. The Kier molecular flexibility index (Phi) is 5.04. The molecule has 0 atom stereocenters. The molecular formula is C23H23N5S. The third-order valence-corrected chi connectivity index (χ3v) is 6.35. The third-order valence-electron chi connectivity index (χ3n) is 5.59. The number of nitrogens with zero attached hydrogens (tertiary/aromatic N) is 5. The summed E-state index contributed by atoms with van der Waals surface area (Å²) in [5, 5.41) is 5.74. The van der Waals surface area contributed by atoms with Crippen LogP contribution in [0.3, 0.4) is 0 Å². The van der Waals surface area contributed by atoms with Crippen LogP contribution < -0.4 is 10.4 Å². The van der Waals surface area contributed by atoms with Crippen LogP contribution in [0.2, 0.25) is 0 Å². The first-order valence-corrected chi connectivity index (χ1v) is 10.9. The molecule has 0 saturated heterocycles. The lowest BCUT2D eigenvalue weighted by Gasteiger charge is -2.12. The van der Waals surface area contributed by atoms with Crippen LogP contribution in [0.15, 0.2) is 47.2 Å².